The average molecular weight is 468 g/mol. The van der Waals surface area contributed by atoms with Crippen LogP contribution in [0, 0.1) is 0 Å². The fourth-order valence-electron chi connectivity index (χ4n) is 2.50. The van der Waals surface area contributed by atoms with Gasteiger partial charge < -0.3 is 10.2 Å². The highest BCUT2D eigenvalue weighted by atomic mass is 79.9. The van der Waals surface area contributed by atoms with E-state index in [1.165, 1.54) is 0 Å². The van der Waals surface area contributed by atoms with E-state index in [1.807, 2.05) is 64.0 Å². The number of hydrogen-bond donors (Lipinski definition) is 1. The number of hydrogen-bond acceptors (Lipinski definition) is 3. The van der Waals surface area contributed by atoms with Gasteiger partial charge in [-0.3, -0.25) is 9.36 Å². The number of rotatable bonds is 6. The molecule has 0 radical (unpaired) electrons. The standard InChI is InChI=1S/C18H20BrClN6S/c1-3-25-11-15(19)16(22-25)12-24(2)18(27)21-17-8-9-26(23-17)10-13-4-6-14(20)7-5-13/h4-9,11H,3,10,12H2,1-2H3,(H,21,23,27). The summed E-state index contributed by atoms with van der Waals surface area (Å²) in [5.41, 5.74) is 2.07. The van der Waals surface area contributed by atoms with E-state index in [4.69, 9.17) is 23.8 Å². The van der Waals surface area contributed by atoms with Crippen LogP contribution in [0.15, 0.2) is 47.2 Å². The van der Waals surface area contributed by atoms with Crippen molar-refractivity contribution in [3.63, 3.8) is 0 Å². The van der Waals surface area contributed by atoms with Crippen LogP contribution in [-0.4, -0.2) is 36.6 Å². The number of benzene rings is 1. The zero-order valence-electron chi connectivity index (χ0n) is 15.1. The summed E-state index contributed by atoms with van der Waals surface area (Å²) in [6.45, 7) is 4.16. The van der Waals surface area contributed by atoms with Crippen molar-refractivity contribution >= 4 is 50.7 Å². The molecular weight excluding hydrogens is 448 g/mol. The summed E-state index contributed by atoms with van der Waals surface area (Å²) in [6, 6.07) is 9.63. The van der Waals surface area contributed by atoms with E-state index in [1.54, 1.807) is 0 Å². The number of halogens is 2. The van der Waals surface area contributed by atoms with Gasteiger partial charge in [0.15, 0.2) is 10.9 Å². The maximum absolute atomic E-state index is 5.92. The number of nitrogens with zero attached hydrogens (tertiary/aromatic N) is 5. The van der Waals surface area contributed by atoms with Crippen molar-refractivity contribution in [1.82, 2.24) is 24.5 Å². The number of anilines is 1. The second-order valence-electron chi connectivity index (χ2n) is 6.09. The third-order valence-corrected chi connectivity index (χ3v) is 5.31. The van der Waals surface area contributed by atoms with Crippen LogP contribution in [-0.2, 0) is 19.6 Å². The fourth-order valence-corrected chi connectivity index (χ4v) is 3.24. The molecule has 1 aromatic carbocycles. The van der Waals surface area contributed by atoms with Gasteiger partial charge in [-0.25, -0.2) is 0 Å². The second-order valence-corrected chi connectivity index (χ2v) is 7.77. The highest BCUT2D eigenvalue weighted by Crippen LogP contribution is 2.17. The molecule has 0 amide bonds. The second kappa shape index (κ2) is 8.86. The Hall–Kier alpha value is -1.90. The molecule has 6 nitrogen and oxygen atoms in total. The van der Waals surface area contributed by atoms with Crippen molar-refractivity contribution in [2.75, 3.05) is 12.4 Å². The molecule has 1 N–H and O–H groups in total. The molecule has 0 aliphatic heterocycles. The van der Waals surface area contributed by atoms with E-state index in [-0.39, 0.29) is 0 Å². The zero-order chi connectivity index (χ0) is 19.4. The lowest BCUT2D eigenvalue weighted by Gasteiger charge is -2.19. The lowest BCUT2D eigenvalue weighted by molar-refractivity contribution is 0.491. The Morgan fingerprint density at radius 2 is 1.96 bits per heavy atom. The van der Waals surface area contributed by atoms with Gasteiger partial charge in [-0.2, -0.15) is 10.2 Å². The van der Waals surface area contributed by atoms with Crippen LogP contribution in [0.3, 0.4) is 0 Å². The van der Waals surface area contributed by atoms with Crippen LogP contribution < -0.4 is 5.32 Å². The molecule has 0 spiro atoms. The maximum Gasteiger partial charge on any atom is 0.174 e. The van der Waals surface area contributed by atoms with Crippen molar-refractivity contribution in [2.45, 2.75) is 26.6 Å². The van der Waals surface area contributed by atoms with E-state index < -0.39 is 0 Å². The van der Waals surface area contributed by atoms with Crippen LogP contribution in [0.2, 0.25) is 5.02 Å². The van der Waals surface area contributed by atoms with Crippen LogP contribution in [0.5, 0.6) is 0 Å². The van der Waals surface area contributed by atoms with Gasteiger partial charge in [0.1, 0.15) is 0 Å². The first-order valence-electron chi connectivity index (χ1n) is 8.46. The monoisotopic (exact) mass is 466 g/mol. The van der Waals surface area contributed by atoms with Gasteiger partial charge in [-0.15, -0.1) is 0 Å². The van der Waals surface area contributed by atoms with Crippen LogP contribution in [0.1, 0.15) is 18.2 Å². The molecule has 0 saturated heterocycles. The Kier molecular flexibility index (Phi) is 6.51. The van der Waals surface area contributed by atoms with Gasteiger partial charge in [0.25, 0.3) is 0 Å². The number of thiocarbonyl (C=S) groups is 1. The number of aromatic nitrogens is 4. The molecule has 0 unspecified atom stereocenters. The molecule has 0 fully saturated rings. The lowest BCUT2D eigenvalue weighted by Crippen LogP contribution is -2.31. The summed E-state index contributed by atoms with van der Waals surface area (Å²) < 4.78 is 4.72. The summed E-state index contributed by atoms with van der Waals surface area (Å²) in [7, 11) is 1.93. The maximum atomic E-state index is 5.92. The van der Waals surface area contributed by atoms with Crippen LogP contribution in [0.4, 0.5) is 5.82 Å². The zero-order valence-corrected chi connectivity index (χ0v) is 18.2. The number of aryl methyl sites for hydroxylation is 1. The molecule has 142 valence electrons. The molecule has 2 aromatic heterocycles. The summed E-state index contributed by atoms with van der Waals surface area (Å²) in [5, 5.41) is 13.5. The molecule has 3 rings (SSSR count). The van der Waals surface area contributed by atoms with E-state index in [0.717, 1.165) is 27.3 Å². The molecule has 0 saturated carbocycles. The first kappa shape index (κ1) is 19.9. The highest BCUT2D eigenvalue weighted by Gasteiger charge is 2.12. The number of nitrogens with one attached hydrogen (secondary N) is 1. The van der Waals surface area contributed by atoms with Crippen molar-refractivity contribution in [2.24, 2.45) is 0 Å². The first-order valence-corrected chi connectivity index (χ1v) is 10.0. The molecule has 0 bridgehead atoms. The molecule has 0 atom stereocenters. The van der Waals surface area contributed by atoms with Gasteiger partial charge in [-0.05, 0) is 52.8 Å². The fraction of sp³-hybridized carbons (Fsp3) is 0.278. The third-order valence-electron chi connectivity index (χ3n) is 3.98. The van der Waals surface area contributed by atoms with Gasteiger partial charge in [0.2, 0.25) is 0 Å². The molecular formula is C18H20BrClN6S. The summed E-state index contributed by atoms with van der Waals surface area (Å²) in [4.78, 5) is 1.93. The lowest BCUT2D eigenvalue weighted by atomic mass is 10.2. The minimum Gasteiger partial charge on any atom is -0.346 e. The predicted octanol–water partition coefficient (Wildman–Crippen LogP) is 4.39. The van der Waals surface area contributed by atoms with Crippen molar-refractivity contribution in [3.05, 3.63) is 63.5 Å². The highest BCUT2D eigenvalue weighted by molar-refractivity contribution is 9.10. The van der Waals surface area contributed by atoms with E-state index >= 15 is 0 Å². The minimum absolute atomic E-state index is 0.588. The molecule has 0 aliphatic carbocycles. The van der Waals surface area contributed by atoms with Gasteiger partial charge in [-0.1, -0.05) is 23.7 Å². The van der Waals surface area contributed by atoms with E-state index in [9.17, 15) is 0 Å². The van der Waals surface area contributed by atoms with Crippen LogP contribution >= 0.6 is 39.7 Å². The summed E-state index contributed by atoms with van der Waals surface area (Å²) in [6.07, 6.45) is 3.89. The first-order chi connectivity index (χ1) is 12.9. The Labute approximate surface area is 177 Å². The SMILES string of the molecule is CCn1cc(Br)c(CN(C)C(=S)Nc2ccn(Cc3ccc(Cl)cc3)n2)n1. The molecule has 3 aromatic rings. The topological polar surface area (TPSA) is 50.9 Å². The Bertz CT molecular complexity index is 920. The smallest absolute Gasteiger partial charge is 0.174 e. The van der Waals surface area contributed by atoms with Crippen molar-refractivity contribution in [3.8, 4) is 0 Å². The third kappa shape index (κ3) is 5.31. The molecule has 9 heteroatoms. The minimum atomic E-state index is 0.588. The van der Waals surface area contributed by atoms with Crippen molar-refractivity contribution in [1.29, 1.82) is 0 Å². The predicted molar refractivity (Wildman–Crippen MR) is 116 cm³/mol. The molecule has 27 heavy (non-hydrogen) atoms. The Morgan fingerprint density at radius 3 is 2.63 bits per heavy atom. The quantitative estimate of drug-likeness (QED) is 0.545. The Balaban J connectivity index is 1.58. The normalized spacial score (nSPS) is 10.8. The average Bonchev–Trinajstić information content (AvgIpc) is 3.23. The van der Waals surface area contributed by atoms with Crippen molar-refractivity contribution < 1.29 is 0 Å². The van der Waals surface area contributed by atoms with E-state index in [2.05, 4.69) is 38.4 Å². The van der Waals surface area contributed by atoms with Gasteiger partial charge in [0, 0.05) is 37.1 Å². The van der Waals surface area contributed by atoms with Crippen LogP contribution in [0.25, 0.3) is 0 Å². The molecule has 2 heterocycles. The van der Waals surface area contributed by atoms with Gasteiger partial charge >= 0.3 is 0 Å². The molecule has 0 aliphatic rings. The van der Waals surface area contributed by atoms with Gasteiger partial charge in [0.05, 0.1) is 23.3 Å². The Morgan fingerprint density at radius 1 is 1.22 bits per heavy atom. The summed E-state index contributed by atoms with van der Waals surface area (Å²) in [5.74, 6) is 0.707. The largest absolute Gasteiger partial charge is 0.346 e. The summed E-state index contributed by atoms with van der Waals surface area (Å²) >= 11 is 15.0. The van der Waals surface area contributed by atoms with E-state index in [0.29, 0.717) is 24.0 Å².